The van der Waals surface area contributed by atoms with Crippen LogP contribution in [0.15, 0.2) is 12.7 Å². The number of carbonyl (C=O) groups is 1. The van der Waals surface area contributed by atoms with Gasteiger partial charge in [-0.25, -0.2) is 4.79 Å². The van der Waals surface area contributed by atoms with Gasteiger partial charge in [0.1, 0.15) is 6.61 Å². The number of hydrogen-bond acceptors (Lipinski definition) is 9. The van der Waals surface area contributed by atoms with Crippen molar-refractivity contribution in [3.63, 3.8) is 0 Å². The fourth-order valence-corrected chi connectivity index (χ4v) is 1.53. The average molecular weight is 382 g/mol. The number of rotatable bonds is 14. The highest BCUT2D eigenvalue weighted by Crippen LogP contribution is 2.21. The molecule has 5 N–H and O–H groups in total. The molecule has 0 radical (unpaired) electrons. The molecule has 0 fully saturated rings. The molecule has 9 nitrogen and oxygen atoms in total. The first-order valence-corrected chi connectivity index (χ1v) is 8.37. The van der Waals surface area contributed by atoms with Crippen LogP contribution in [0.5, 0.6) is 0 Å². The fourth-order valence-electron chi connectivity index (χ4n) is 1.53. The molecule has 0 unspecified atom stereocenters. The van der Waals surface area contributed by atoms with Crippen molar-refractivity contribution in [1.29, 1.82) is 0 Å². The third-order valence-corrected chi connectivity index (χ3v) is 3.59. The van der Waals surface area contributed by atoms with E-state index in [1.807, 2.05) is 13.8 Å². The summed E-state index contributed by atoms with van der Waals surface area (Å²) in [5.74, 6) is -0.698. The zero-order valence-electron chi connectivity index (χ0n) is 15.7. The Hall–Kier alpha value is -1.07. The van der Waals surface area contributed by atoms with E-state index in [1.54, 1.807) is 0 Å². The second-order valence-corrected chi connectivity index (χ2v) is 5.88. The maximum Gasteiger partial charge on any atom is 0.330 e. The molecule has 0 aromatic heterocycles. The van der Waals surface area contributed by atoms with Gasteiger partial charge in [0.15, 0.2) is 0 Å². The number of ether oxygens (including phenoxy) is 3. The fraction of sp³-hybridized carbons (Fsp3) is 0.824. The van der Waals surface area contributed by atoms with Crippen molar-refractivity contribution < 1.29 is 44.5 Å². The molecule has 0 atom stereocenters. The second-order valence-electron chi connectivity index (χ2n) is 5.88. The summed E-state index contributed by atoms with van der Waals surface area (Å²) in [6, 6.07) is 0. The van der Waals surface area contributed by atoms with Gasteiger partial charge in [-0.2, -0.15) is 0 Å². The third-order valence-electron chi connectivity index (χ3n) is 3.59. The van der Waals surface area contributed by atoms with Crippen molar-refractivity contribution in [3.05, 3.63) is 12.7 Å². The summed E-state index contributed by atoms with van der Waals surface area (Å²) in [6.45, 7) is 5.76. The SMILES string of the molecule is C=CC(=O)OCC(CO)(CO)COCC(CO)(CO)CO.CCOCC. The highest BCUT2D eigenvalue weighted by molar-refractivity contribution is 5.81. The first kappa shape index (κ1) is 27.2. The maximum absolute atomic E-state index is 11.0. The summed E-state index contributed by atoms with van der Waals surface area (Å²) in [7, 11) is 0. The van der Waals surface area contributed by atoms with E-state index in [0.717, 1.165) is 19.3 Å². The molecule has 0 bridgehead atoms. The Morgan fingerprint density at radius 1 is 0.808 bits per heavy atom. The maximum atomic E-state index is 11.0. The highest BCUT2D eigenvalue weighted by Gasteiger charge is 2.34. The lowest BCUT2D eigenvalue weighted by Crippen LogP contribution is -2.44. The molecule has 156 valence electrons. The molecule has 0 saturated carbocycles. The van der Waals surface area contributed by atoms with Crippen molar-refractivity contribution in [1.82, 2.24) is 0 Å². The van der Waals surface area contributed by atoms with Crippen molar-refractivity contribution in [2.75, 3.05) is 66.1 Å². The second kappa shape index (κ2) is 16.1. The molecular weight excluding hydrogens is 348 g/mol. The molecule has 0 aliphatic rings. The quantitative estimate of drug-likeness (QED) is 0.183. The van der Waals surface area contributed by atoms with Gasteiger partial charge in [0, 0.05) is 19.3 Å². The van der Waals surface area contributed by atoms with Gasteiger partial charge in [0.05, 0.1) is 57.1 Å². The normalized spacial score (nSPS) is 11.5. The predicted molar refractivity (Wildman–Crippen MR) is 94.4 cm³/mol. The number of aliphatic hydroxyl groups excluding tert-OH is 5. The number of carbonyl (C=O) groups excluding carboxylic acids is 1. The van der Waals surface area contributed by atoms with E-state index in [-0.39, 0.29) is 19.8 Å². The van der Waals surface area contributed by atoms with Gasteiger partial charge < -0.3 is 39.7 Å². The predicted octanol–water partition coefficient (Wildman–Crippen LogP) is -1.29. The lowest BCUT2D eigenvalue weighted by Gasteiger charge is -2.32. The van der Waals surface area contributed by atoms with Crippen molar-refractivity contribution in [2.24, 2.45) is 10.8 Å². The first-order valence-electron chi connectivity index (χ1n) is 8.37. The monoisotopic (exact) mass is 382 g/mol. The average Bonchev–Trinajstić information content (AvgIpc) is 2.69. The van der Waals surface area contributed by atoms with E-state index in [4.69, 9.17) is 29.5 Å². The Morgan fingerprint density at radius 3 is 1.54 bits per heavy atom. The van der Waals surface area contributed by atoms with Crippen LogP contribution in [0.25, 0.3) is 0 Å². The van der Waals surface area contributed by atoms with Gasteiger partial charge in [0.2, 0.25) is 0 Å². The third kappa shape index (κ3) is 10.8. The number of esters is 1. The molecule has 0 saturated heterocycles. The summed E-state index contributed by atoms with van der Waals surface area (Å²) >= 11 is 0. The molecule has 0 aliphatic heterocycles. The van der Waals surface area contributed by atoms with Crippen LogP contribution >= 0.6 is 0 Å². The smallest absolute Gasteiger partial charge is 0.330 e. The Morgan fingerprint density at radius 2 is 1.23 bits per heavy atom. The molecule has 0 spiro atoms. The van der Waals surface area contributed by atoms with E-state index < -0.39 is 49.8 Å². The van der Waals surface area contributed by atoms with E-state index in [2.05, 4.69) is 6.58 Å². The van der Waals surface area contributed by atoms with Crippen LogP contribution in [0.2, 0.25) is 0 Å². The Bertz CT molecular complexity index is 342. The van der Waals surface area contributed by atoms with Crippen LogP contribution in [0.4, 0.5) is 0 Å². The molecule has 26 heavy (non-hydrogen) atoms. The molecular formula is C17H34O9. The van der Waals surface area contributed by atoms with E-state index in [0.29, 0.717) is 0 Å². The van der Waals surface area contributed by atoms with Crippen molar-refractivity contribution in [2.45, 2.75) is 13.8 Å². The van der Waals surface area contributed by atoms with E-state index in [1.165, 1.54) is 0 Å². The van der Waals surface area contributed by atoms with Crippen molar-refractivity contribution in [3.8, 4) is 0 Å². The lowest BCUT2D eigenvalue weighted by molar-refractivity contribution is -0.149. The van der Waals surface area contributed by atoms with Crippen LogP contribution in [0, 0.1) is 10.8 Å². The minimum absolute atomic E-state index is 0.187. The topological polar surface area (TPSA) is 146 Å². The van der Waals surface area contributed by atoms with Gasteiger partial charge in [-0.3, -0.25) is 0 Å². The molecule has 0 aromatic carbocycles. The molecule has 0 amide bonds. The van der Waals surface area contributed by atoms with Gasteiger partial charge in [0.25, 0.3) is 0 Å². The largest absolute Gasteiger partial charge is 0.462 e. The van der Waals surface area contributed by atoms with Crippen LogP contribution in [-0.4, -0.2) is 97.6 Å². The minimum atomic E-state index is -1.22. The summed E-state index contributed by atoms with van der Waals surface area (Å²) in [5, 5.41) is 46.2. The van der Waals surface area contributed by atoms with Gasteiger partial charge in [-0.15, -0.1) is 0 Å². The standard InChI is InChI=1S/C13H24O8.C4H10O/c1-2-11(19)21-10-13(6-17,7-18)9-20-8-12(3-14,4-15)5-16;1-3-5-4-2/h2,14-18H,1,3-10H2;3-4H2,1-2H3. The zero-order chi connectivity index (χ0) is 20.5. The highest BCUT2D eigenvalue weighted by atomic mass is 16.5. The molecule has 0 aliphatic carbocycles. The van der Waals surface area contributed by atoms with Crippen LogP contribution in [0.3, 0.4) is 0 Å². The Balaban J connectivity index is 0. The van der Waals surface area contributed by atoms with Crippen LogP contribution in [-0.2, 0) is 19.0 Å². The lowest BCUT2D eigenvalue weighted by atomic mass is 9.90. The summed E-state index contributed by atoms with van der Waals surface area (Å²) in [6.07, 6.45) is 0.953. The molecule has 9 heteroatoms. The van der Waals surface area contributed by atoms with Gasteiger partial charge in [-0.05, 0) is 13.8 Å². The van der Waals surface area contributed by atoms with Crippen LogP contribution < -0.4 is 0 Å². The summed E-state index contributed by atoms with van der Waals surface area (Å²) < 4.78 is 14.9. The Kier molecular flexibility index (Phi) is 16.8. The first-order chi connectivity index (χ1) is 12.4. The van der Waals surface area contributed by atoms with Crippen LogP contribution in [0.1, 0.15) is 13.8 Å². The minimum Gasteiger partial charge on any atom is -0.462 e. The number of aliphatic hydroxyl groups is 5. The molecule has 0 aromatic rings. The summed E-state index contributed by atoms with van der Waals surface area (Å²) in [5.41, 5.74) is -2.43. The molecule has 0 rings (SSSR count). The van der Waals surface area contributed by atoms with Gasteiger partial charge in [-0.1, -0.05) is 6.58 Å². The zero-order valence-corrected chi connectivity index (χ0v) is 15.7. The van der Waals surface area contributed by atoms with Gasteiger partial charge >= 0.3 is 5.97 Å². The number of hydrogen-bond donors (Lipinski definition) is 5. The van der Waals surface area contributed by atoms with E-state index >= 15 is 0 Å². The Labute approximate surface area is 154 Å². The summed E-state index contributed by atoms with van der Waals surface area (Å²) in [4.78, 5) is 11.0. The molecule has 0 heterocycles. The van der Waals surface area contributed by atoms with E-state index in [9.17, 15) is 15.0 Å². The van der Waals surface area contributed by atoms with Crippen molar-refractivity contribution >= 4 is 5.97 Å².